The molecule has 0 unspecified atom stereocenters. The number of benzene rings is 1. The average molecular weight is 303 g/mol. The largest absolute Gasteiger partial charge is 0.497 e. The van der Waals surface area contributed by atoms with E-state index in [1.165, 1.54) is 22.9 Å². The minimum atomic E-state index is -0.518. The molecule has 0 atom stereocenters. The van der Waals surface area contributed by atoms with Gasteiger partial charge in [0.15, 0.2) is 0 Å². The van der Waals surface area contributed by atoms with Crippen molar-refractivity contribution in [2.45, 2.75) is 13.5 Å². The number of aryl methyl sites for hydroxylation is 1. The number of hydrogen-bond donors (Lipinski definition) is 1. The molecule has 0 fully saturated rings. The van der Waals surface area contributed by atoms with Gasteiger partial charge in [-0.1, -0.05) is 6.07 Å². The van der Waals surface area contributed by atoms with Gasteiger partial charge in [0.05, 0.1) is 18.2 Å². The molecule has 7 nitrogen and oxygen atoms in total. The van der Waals surface area contributed by atoms with Crippen LogP contribution in [0.2, 0.25) is 0 Å². The maximum atomic E-state index is 11.7. The van der Waals surface area contributed by atoms with Gasteiger partial charge < -0.3 is 14.6 Å². The summed E-state index contributed by atoms with van der Waals surface area (Å²) in [5.74, 6) is 0.737. The number of nitro groups is 1. The molecule has 22 heavy (non-hydrogen) atoms. The number of aromatic nitrogens is 1. The second-order valence-electron chi connectivity index (χ2n) is 4.78. The summed E-state index contributed by atoms with van der Waals surface area (Å²) in [4.78, 5) is 21.9. The summed E-state index contributed by atoms with van der Waals surface area (Å²) in [6.07, 6.45) is 1.25. The Morgan fingerprint density at radius 2 is 2.09 bits per heavy atom. The maximum Gasteiger partial charge on any atom is 0.285 e. The van der Waals surface area contributed by atoms with Crippen LogP contribution in [0.3, 0.4) is 0 Å². The normalized spacial score (nSPS) is 10.3. The lowest BCUT2D eigenvalue weighted by molar-refractivity contribution is -0.385. The molecule has 1 aromatic heterocycles. The number of ether oxygens (including phenoxy) is 1. The summed E-state index contributed by atoms with van der Waals surface area (Å²) in [7, 11) is 1.59. The third-order valence-electron chi connectivity index (χ3n) is 3.29. The van der Waals surface area contributed by atoms with E-state index >= 15 is 0 Å². The van der Waals surface area contributed by atoms with Crippen LogP contribution >= 0.6 is 0 Å². The van der Waals surface area contributed by atoms with Gasteiger partial charge in [0.2, 0.25) is 0 Å². The lowest BCUT2D eigenvalue weighted by Crippen LogP contribution is -2.23. The summed E-state index contributed by atoms with van der Waals surface area (Å²) >= 11 is 0. The maximum absolute atomic E-state index is 11.7. The number of methoxy groups -OCH3 is 1. The van der Waals surface area contributed by atoms with Gasteiger partial charge in [0.1, 0.15) is 5.75 Å². The Morgan fingerprint density at radius 3 is 2.77 bits per heavy atom. The molecule has 0 aliphatic carbocycles. The number of nitrogens with zero attached hydrogens (tertiary/aromatic N) is 2. The number of rotatable bonds is 6. The van der Waals surface area contributed by atoms with E-state index in [4.69, 9.17) is 4.74 Å². The van der Waals surface area contributed by atoms with Gasteiger partial charge in [-0.3, -0.25) is 14.9 Å². The highest BCUT2D eigenvalue weighted by Gasteiger charge is 2.07. The third-order valence-corrected chi connectivity index (χ3v) is 3.29. The highest BCUT2D eigenvalue weighted by Crippen LogP contribution is 2.21. The molecule has 0 saturated carbocycles. The molecule has 0 spiro atoms. The summed E-state index contributed by atoms with van der Waals surface area (Å²) in [6, 6.07) is 8.07. The van der Waals surface area contributed by atoms with Crippen molar-refractivity contribution in [3.05, 3.63) is 62.6 Å². The van der Waals surface area contributed by atoms with Crippen molar-refractivity contribution in [2.24, 2.45) is 0 Å². The fraction of sp³-hybridized carbons (Fsp3) is 0.267. The molecule has 2 rings (SSSR count). The number of hydrogen-bond acceptors (Lipinski definition) is 5. The average Bonchev–Trinajstić information content (AvgIpc) is 2.50. The monoisotopic (exact) mass is 303 g/mol. The highest BCUT2D eigenvalue weighted by molar-refractivity contribution is 5.54. The number of nitrogens with one attached hydrogen (secondary N) is 1. The van der Waals surface area contributed by atoms with Gasteiger partial charge in [-0.25, -0.2) is 0 Å². The van der Waals surface area contributed by atoms with Crippen molar-refractivity contribution in [3.8, 4) is 5.75 Å². The summed E-state index contributed by atoms with van der Waals surface area (Å²) in [5.41, 5.74) is 1.58. The van der Waals surface area contributed by atoms with Crippen LogP contribution in [-0.2, 0) is 6.54 Å². The molecule has 1 heterocycles. The molecular weight excluding hydrogens is 286 g/mol. The van der Waals surface area contributed by atoms with E-state index in [2.05, 4.69) is 5.32 Å². The Hall–Kier alpha value is -2.83. The standard InChI is InChI=1S/C15H17N3O4/c1-11-3-5-13(22-2)9-14(11)16-7-8-17-10-12(18(20)21)4-6-15(17)19/h3-6,9-10,16H,7-8H2,1-2H3. The topological polar surface area (TPSA) is 86.4 Å². The fourth-order valence-corrected chi connectivity index (χ4v) is 2.03. The van der Waals surface area contributed by atoms with Crippen molar-refractivity contribution < 1.29 is 9.66 Å². The van der Waals surface area contributed by atoms with E-state index in [-0.39, 0.29) is 11.2 Å². The van der Waals surface area contributed by atoms with Crippen LogP contribution in [0.25, 0.3) is 0 Å². The zero-order valence-electron chi connectivity index (χ0n) is 12.4. The summed E-state index contributed by atoms with van der Waals surface area (Å²) < 4.78 is 6.49. The third kappa shape index (κ3) is 3.63. The van der Waals surface area contributed by atoms with Gasteiger partial charge in [-0.2, -0.15) is 0 Å². The molecular formula is C15H17N3O4. The predicted octanol–water partition coefficient (Wildman–Crippen LogP) is 2.19. The van der Waals surface area contributed by atoms with Gasteiger partial charge >= 0.3 is 0 Å². The van der Waals surface area contributed by atoms with Crippen molar-refractivity contribution in [3.63, 3.8) is 0 Å². The van der Waals surface area contributed by atoms with Crippen molar-refractivity contribution in [2.75, 3.05) is 19.0 Å². The molecule has 2 aromatic rings. The molecule has 1 aromatic carbocycles. The molecule has 0 radical (unpaired) electrons. The second-order valence-corrected chi connectivity index (χ2v) is 4.78. The first-order valence-electron chi connectivity index (χ1n) is 6.74. The lowest BCUT2D eigenvalue weighted by atomic mass is 10.2. The molecule has 0 bridgehead atoms. The molecule has 0 saturated heterocycles. The van der Waals surface area contributed by atoms with Crippen LogP contribution < -0.4 is 15.6 Å². The Balaban J connectivity index is 2.07. The molecule has 1 N–H and O–H groups in total. The van der Waals surface area contributed by atoms with Crippen LogP contribution in [0.4, 0.5) is 11.4 Å². The number of pyridine rings is 1. The SMILES string of the molecule is COc1ccc(C)c(NCCn2cc([N+](=O)[O-])ccc2=O)c1. The predicted molar refractivity (Wildman–Crippen MR) is 83.6 cm³/mol. The zero-order valence-corrected chi connectivity index (χ0v) is 12.4. The first kappa shape index (κ1) is 15.6. The Morgan fingerprint density at radius 1 is 1.32 bits per heavy atom. The molecule has 0 aliphatic heterocycles. The molecule has 116 valence electrons. The Labute approximate surface area is 127 Å². The summed E-state index contributed by atoms with van der Waals surface area (Å²) in [5, 5.41) is 13.9. The minimum absolute atomic E-state index is 0.0999. The van der Waals surface area contributed by atoms with Crippen molar-refractivity contribution in [1.29, 1.82) is 0 Å². The van der Waals surface area contributed by atoms with Crippen LogP contribution in [-0.4, -0.2) is 23.1 Å². The smallest absolute Gasteiger partial charge is 0.285 e. The molecule has 7 heteroatoms. The molecule has 0 amide bonds. The van der Waals surface area contributed by atoms with Crippen molar-refractivity contribution in [1.82, 2.24) is 4.57 Å². The van der Waals surface area contributed by atoms with Crippen LogP contribution in [0.15, 0.2) is 41.3 Å². The van der Waals surface area contributed by atoms with Crippen LogP contribution in [0.1, 0.15) is 5.56 Å². The zero-order chi connectivity index (χ0) is 16.1. The van der Waals surface area contributed by atoms with E-state index in [1.807, 2.05) is 25.1 Å². The van der Waals surface area contributed by atoms with Crippen LogP contribution in [0.5, 0.6) is 5.75 Å². The van der Waals surface area contributed by atoms with Gasteiger partial charge in [0, 0.05) is 37.0 Å². The molecule has 0 aliphatic rings. The number of anilines is 1. The van der Waals surface area contributed by atoms with Crippen LogP contribution in [0, 0.1) is 17.0 Å². The van der Waals surface area contributed by atoms with E-state index < -0.39 is 4.92 Å². The Kier molecular flexibility index (Phi) is 4.77. The lowest BCUT2D eigenvalue weighted by Gasteiger charge is -2.12. The minimum Gasteiger partial charge on any atom is -0.497 e. The summed E-state index contributed by atoms with van der Waals surface area (Å²) in [6.45, 7) is 2.76. The van der Waals surface area contributed by atoms with E-state index in [9.17, 15) is 14.9 Å². The highest BCUT2D eigenvalue weighted by atomic mass is 16.6. The quantitative estimate of drug-likeness (QED) is 0.653. The van der Waals surface area contributed by atoms with Gasteiger partial charge in [-0.05, 0) is 18.6 Å². The Bertz CT molecular complexity index is 740. The first-order valence-corrected chi connectivity index (χ1v) is 6.74. The van der Waals surface area contributed by atoms with E-state index in [0.29, 0.717) is 13.1 Å². The van der Waals surface area contributed by atoms with Gasteiger partial charge in [-0.15, -0.1) is 0 Å². The van der Waals surface area contributed by atoms with E-state index in [0.717, 1.165) is 17.0 Å². The van der Waals surface area contributed by atoms with Gasteiger partial charge in [0.25, 0.3) is 11.2 Å². The fourth-order valence-electron chi connectivity index (χ4n) is 2.03. The first-order chi connectivity index (χ1) is 10.5. The van der Waals surface area contributed by atoms with Crippen molar-refractivity contribution >= 4 is 11.4 Å². The second kappa shape index (κ2) is 6.75. The van der Waals surface area contributed by atoms with E-state index in [1.54, 1.807) is 7.11 Å².